The van der Waals surface area contributed by atoms with Gasteiger partial charge in [0.05, 0.1) is 5.56 Å². The van der Waals surface area contributed by atoms with Gasteiger partial charge in [0.25, 0.3) is 0 Å². The molecule has 0 aliphatic heterocycles. The quantitative estimate of drug-likeness (QED) is 0.540. The fourth-order valence-electron chi connectivity index (χ4n) is 2.22. The van der Waals surface area contributed by atoms with Crippen molar-refractivity contribution in [3.05, 3.63) is 72.3 Å². The number of ether oxygens (including phenoxy) is 2. The molecule has 4 nitrogen and oxygen atoms in total. The van der Waals surface area contributed by atoms with E-state index in [1.165, 1.54) is 36.4 Å². The molecule has 0 fully saturated rings. The number of nitrogens with two attached hydrogens (primary N) is 2. The summed E-state index contributed by atoms with van der Waals surface area (Å²) in [5.41, 5.74) is 11.3. The Morgan fingerprint density at radius 1 is 0.630 bits per heavy atom. The minimum atomic E-state index is -4.57. The molecule has 0 saturated carbocycles. The highest BCUT2D eigenvalue weighted by molar-refractivity contribution is 5.85. The summed E-state index contributed by atoms with van der Waals surface area (Å²) in [5, 5.41) is 0. The van der Waals surface area contributed by atoms with Crippen LogP contribution in [0.15, 0.2) is 66.7 Å². The molecule has 0 amide bonds. The molecule has 0 heterocycles. The van der Waals surface area contributed by atoms with Crippen LogP contribution in [0.5, 0.6) is 23.0 Å². The zero-order valence-corrected chi connectivity index (χ0v) is 14.7. The summed E-state index contributed by atoms with van der Waals surface area (Å²) in [6.45, 7) is 0. The molecule has 0 aromatic heterocycles. The fraction of sp³-hybridized carbons (Fsp3) is 0.0526. The van der Waals surface area contributed by atoms with Gasteiger partial charge < -0.3 is 20.9 Å². The van der Waals surface area contributed by atoms with Gasteiger partial charge in [-0.05, 0) is 60.7 Å². The van der Waals surface area contributed by atoms with Crippen molar-refractivity contribution in [1.29, 1.82) is 0 Å². The lowest BCUT2D eigenvalue weighted by atomic mass is 10.2. The summed E-state index contributed by atoms with van der Waals surface area (Å²) in [6, 6.07) is 15.9. The van der Waals surface area contributed by atoms with Gasteiger partial charge in [0, 0.05) is 17.4 Å². The normalized spacial score (nSPS) is 10.8. The monoisotopic (exact) mass is 396 g/mol. The standard InChI is InChI=1S/C19H15F3N2O2.ClH/c20-19(21,22)17-10-9-16(25-14-5-1-12(23)2-6-14)11-18(17)26-15-7-3-13(24)4-8-15;/h1-11H,23-24H2;1H. The maximum Gasteiger partial charge on any atom is 0.419 e. The molecule has 3 aromatic carbocycles. The zero-order chi connectivity index (χ0) is 18.7. The van der Waals surface area contributed by atoms with Gasteiger partial charge >= 0.3 is 6.18 Å². The number of nitrogen functional groups attached to an aromatic ring is 2. The SMILES string of the molecule is Cl.Nc1ccc(Oc2ccc(C(F)(F)F)c(Oc3ccc(N)cc3)c2)cc1. The van der Waals surface area contributed by atoms with Gasteiger partial charge in [-0.1, -0.05) is 0 Å². The van der Waals surface area contributed by atoms with E-state index in [0.29, 0.717) is 17.1 Å². The van der Waals surface area contributed by atoms with E-state index in [2.05, 4.69) is 0 Å². The van der Waals surface area contributed by atoms with E-state index in [0.717, 1.165) is 6.07 Å². The molecule has 0 atom stereocenters. The van der Waals surface area contributed by atoms with Crippen molar-refractivity contribution < 1.29 is 22.6 Å². The molecule has 3 aromatic rings. The predicted molar refractivity (Wildman–Crippen MR) is 101 cm³/mol. The van der Waals surface area contributed by atoms with E-state index >= 15 is 0 Å². The van der Waals surface area contributed by atoms with Gasteiger partial charge in [-0.2, -0.15) is 13.2 Å². The van der Waals surface area contributed by atoms with Crippen molar-refractivity contribution >= 4 is 23.8 Å². The molecule has 27 heavy (non-hydrogen) atoms. The molecule has 8 heteroatoms. The minimum Gasteiger partial charge on any atom is -0.457 e. The first kappa shape index (κ1) is 20.3. The van der Waals surface area contributed by atoms with Crippen molar-refractivity contribution in [2.45, 2.75) is 6.18 Å². The Morgan fingerprint density at radius 3 is 1.56 bits per heavy atom. The van der Waals surface area contributed by atoms with Crippen molar-refractivity contribution in [2.24, 2.45) is 0 Å². The van der Waals surface area contributed by atoms with E-state index < -0.39 is 11.7 Å². The van der Waals surface area contributed by atoms with E-state index in [9.17, 15) is 13.2 Å². The molecule has 142 valence electrons. The Kier molecular flexibility index (Phi) is 6.07. The van der Waals surface area contributed by atoms with Crippen LogP contribution < -0.4 is 20.9 Å². The van der Waals surface area contributed by atoms with Gasteiger partial charge in [0.15, 0.2) is 0 Å². The minimum absolute atomic E-state index is 0. The summed E-state index contributed by atoms with van der Waals surface area (Å²) in [6.07, 6.45) is -4.57. The summed E-state index contributed by atoms with van der Waals surface area (Å²) < 4.78 is 50.8. The first-order valence-electron chi connectivity index (χ1n) is 7.59. The summed E-state index contributed by atoms with van der Waals surface area (Å²) in [7, 11) is 0. The maximum atomic E-state index is 13.3. The Bertz CT molecular complexity index is 898. The average Bonchev–Trinajstić information content (AvgIpc) is 2.58. The van der Waals surface area contributed by atoms with Gasteiger partial charge in [-0.15, -0.1) is 12.4 Å². The number of hydrogen-bond acceptors (Lipinski definition) is 4. The van der Waals surface area contributed by atoms with Crippen LogP contribution in [-0.4, -0.2) is 0 Å². The zero-order valence-electron chi connectivity index (χ0n) is 13.9. The van der Waals surface area contributed by atoms with Crippen LogP contribution in [0.3, 0.4) is 0 Å². The lowest BCUT2D eigenvalue weighted by Gasteiger charge is -2.15. The molecule has 0 saturated heterocycles. The number of rotatable bonds is 4. The van der Waals surface area contributed by atoms with E-state index in [1.54, 1.807) is 24.3 Å². The highest BCUT2D eigenvalue weighted by atomic mass is 35.5. The van der Waals surface area contributed by atoms with E-state index in [-0.39, 0.29) is 29.7 Å². The smallest absolute Gasteiger partial charge is 0.419 e. The van der Waals surface area contributed by atoms with Crippen LogP contribution >= 0.6 is 12.4 Å². The molecule has 0 spiro atoms. The predicted octanol–water partition coefficient (Wildman–Crippen LogP) is 5.88. The van der Waals surface area contributed by atoms with Crippen LogP contribution in [0.1, 0.15) is 5.56 Å². The van der Waals surface area contributed by atoms with Crippen molar-refractivity contribution in [3.8, 4) is 23.0 Å². The summed E-state index contributed by atoms with van der Waals surface area (Å²) in [5.74, 6) is 0.509. The fourth-order valence-corrected chi connectivity index (χ4v) is 2.22. The second-order valence-electron chi connectivity index (χ2n) is 5.50. The number of benzene rings is 3. The Labute approximate surface area is 159 Å². The lowest BCUT2D eigenvalue weighted by Crippen LogP contribution is -2.07. The number of anilines is 2. The molecule has 0 aliphatic carbocycles. The van der Waals surface area contributed by atoms with Gasteiger partial charge in [-0.3, -0.25) is 0 Å². The highest BCUT2D eigenvalue weighted by Crippen LogP contribution is 2.40. The van der Waals surface area contributed by atoms with Crippen LogP contribution in [0.2, 0.25) is 0 Å². The first-order chi connectivity index (χ1) is 12.3. The summed E-state index contributed by atoms with van der Waals surface area (Å²) >= 11 is 0. The molecular weight excluding hydrogens is 381 g/mol. The largest absolute Gasteiger partial charge is 0.457 e. The van der Waals surface area contributed by atoms with Crippen LogP contribution in [0.4, 0.5) is 24.5 Å². The molecule has 0 radical (unpaired) electrons. The Hall–Kier alpha value is -3.06. The topological polar surface area (TPSA) is 70.5 Å². The number of halogens is 4. The molecular formula is C19H16ClF3N2O2. The van der Waals surface area contributed by atoms with E-state index in [1.807, 2.05) is 0 Å². The molecule has 0 aliphatic rings. The van der Waals surface area contributed by atoms with Crippen molar-refractivity contribution in [1.82, 2.24) is 0 Å². The molecule has 0 bridgehead atoms. The highest BCUT2D eigenvalue weighted by Gasteiger charge is 2.34. The van der Waals surface area contributed by atoms with Crippen LogP contribution in [0, 0.1) is 0 Å². The third-order valence-electron chi connectivity index (χ3n) is 3.48. The van der Waals surface area contributed by atoms with Crippen LogP contribution in [0.25, 0.3) is 0 Å². The summed E-state index contributed by atoms with van der Waals surface area (Å²) in [4.78, 5) is 0. The number of alkyl halides is 3. The van der Waals surface area contributed by atoms with Crippen molar-refractivity contribution in [3.63, 3.8) is 0 Å². The Morgan fingerprint density at radius 2 is 1.07 bits per heavy atom. The molecule has 3 rings (SSSR count). The molecule has 4 N–H and O–H groups in total. The Balaban J connectivity index is 0.00000261. The first-order valence-corrected chi connectivity index (χ1v) is 7.59. The maximum absolute atomic E-state index is 13.3. The third kappa shape index (κ3) is 5.21. The molecule has 0 unspecified atom stereocenters. The second kappa shape index (κ2) is 8.09. The third-order valence-corrected chi connectivity index (χ3v) is 3.48. The lowest BCUT2D eigenvalue weighted by molar-refractivity contribution is -0.138. The number of hydrogen-bond donors (Lipinski definition) is 2. The van der Waals surface area contributed by atoms with Gasteiger partial charge in [0.2, 0.25) is 0 Å². The van der Waals surface area contributed by atoms with Gasteiger partial charge in [-0.25, -0.2) is 0 Å². The van der Waals surface area contributed by atoms with Gasteiger partial charge in [0.1, 0.15) is 23.0 Å². The van der Waals surface area contributed by atoms with E-state index in [4.69, 9.17) is 20.9 Å². The van der Waals surface area contributed by atoms with Crippen molar-refractivity contribution in [2.75, 3.05) is 11.5 Å². The second-order valence-corrected chi connectivity index (χ2v) is 5.50. The average molecular weight is 397 g/mol. The van der Waals surface area contributed by atoms with Crippen LogP contribution in [-0.2, 0) is 6.18 Å².